The van der Waals surface area contributed by atoms with E-state index in [9.17, 15) is 18.4 Å². The van der Waals surface area contributed by atoms with E-state index < -0.39 is 11.7 Å². The molecule has 2 heterocycles. The van der Waals surface area contributed by atoms with Crippen molar-refractivity contribution in [3.63, 3.8) is 0 Å². The second-order valence-electron chi connectivity index (χ2n) is 14.9. The molecule has 0 aliphatic heterocycles. The van der Waals surface area contributed by atoms with Crippen LogP contribution in [-0.2, 0) is 6.18 Å². The van der Waals surface area contributed by atoms with Crippen LogP contribution in [0.2, 0.25) is 0 Å². The van der Waals surface area contributed by atoms with Crippen molar-refractivity contribution in [2.75, 3.05) is 0 Å². The van der Waals surface area contributed by atoms with Crippen LogP contribution >= 0.6 is 0 Å². The predicted molar refractivity (Wildman–Crippen MR) is 231 cm³/mol. The van der Waals surface area contributed by atoms with Crippen LogP contribution in [0.3, 0.4) is 0 Å². The van der Waals surface area contributed by atoms with Crippen molar-refractivity contribution >= 4 is 43.6 Å². The van der Waals surface area contributed by atoms with Gasteiger partial charge in [-0.1, -0.05) is 109 Å². The maximum absolute atomic E-state index is 14.1. The molecule has 0 radical (unpaired) electrons. The van der Waals surface area contributed by atoms with E-state index in [1.807, 2.05) is 60.7 Å². The van der Waals surface area contributed by atoms with Gasteiger partial charge in [-0.25, -0.2) is 0 Å². The normalized spacial score (nSPS) is 11.9. The standard InChI is InChI=1S/C52H34F3N3/c1-32-12-3-5-16-39(32)35-22-24-48-44(27-35)41-18-7-9-20-46(41)57(48)50-29-37(31-56)43(34-14-11-15-38(26-34)52(53,54)55)30-51(50)58-47-21-10-8-19-42(47)45-28-36(23-25-49(45)58)40-17-6-4-13-33(40)2/h3-30H,1-2H3. The van der Waals surface area contributed by atoms with Crippen LogP contribution in [0.25, 0.3) is 88.4 Å². The summed E-state index contributed by atoms with van der Waals surface area (Å²) in [6.07, 6.45) is -4.55. The van der Waals surface area contributed by atoms with Gasteiger partial charge in [-0.05, 0) is 113 Å². The third kappa shape index (κ3) is 5.58. The Hall–Kier alpha value is -7.36. The largest absolute Gasteiger partial charge is 0.416 e. The quantitative estimate of drug-likeness (QED) is 0.172. The minimum absolute atomic E-state index is 0.267. The minimum atomic E-state index is -4.55. The van der Waals surface area contributed by atoms with E-state index in [-0.39, 0.29) is 5.56 Å². The van der Waals surface area contributed by atoms with Gasteiger partial charge in [0, 0.05) is 27.1 Å². The summed E-state index contributed by atoms with van der Waals surface area (Å²) < 4.78 is 46.8. The average Bonchev–Trinajstić information content (AvgIpc) is 3.75. The smallest absolute Gasteiger partial charge is 0.307 e. The van der Waals surface area contributed by atoms with Crippen LogP contribution in [0.4, 0.5) is 13.2 Å². The Morgan fingerprint density at radius 2 is 0.897 bits per heavy atom. The van der Waals surface area contributed by atoms with Gasteiger partial charge < -0.3 is 9.13 Å². The van der Waals surface area contributed by atoms with Crippen molar-refractivity contribution in [1.82, 2.24) is 9.13 Å². The number of fused-ring (bicyclic) bond motifs is 6. The number of halogens is 3. The summed E-state index contributed by atoms with van der Waals surface area (Å²) >= 11 is 0. The van der Waals surface area contributed by atoms with Gasteiger partial charge in [0.1, 0.15) is 0 Å². The third-order valence-electron chi connectivity index (χ3n) is 11.5. The van der Waals surface area contributed by atoms with E-state index >= 15 is 0 Å². The molecule has 10 rings (SSSR count). The molecule has 0 saturated heterocycles. The zero-order valence-electron chi connectivity index (χ0n) is 31.6. The Balaban J connectivity index is 1.32. The Labute approximate surface area is 333 Å². The van der Waals surface area contributed by atoms with Crippen LogP contribution in [0.1, 0.15) is 22.3 Å². The summed E-state index contributed by atoms with van der Waals surface area (Å²) in [4.78, 5) is 0. The molecule has 0 aliphatic rings. The lowest BCUT2D eigenvalue weighted by Gasteiger charge is -2.20. The lowest BCUT2D eigenvalue weighted by Crippen LogP contribution is -2.06. The number of nitriles is 1. The van der Waals surface area contributed by atoms with E-state index in [4.69, 9.17) is 0 Å². The summed E-state index contributed by atoms with van der Waals surface area (Å²) in [5.41, 5.74) is 12.2. The zero-order chi connectivity index (χ0) is 39.7. The lowest BCUT2D eigenvalue weighted by molar-refractivity contribution is -0.137. The number of hydrogen-bond acceptors (Lipinski definition) is 1. The van der Waals surface area contributed by atoms with E-state index in [1.165, 1.54) is 17.2 Å². The highest BCUT2D eigenvalue weighted by Crippen LogP contribution is 2.43. The molecule has 0 spiro atoms. The average molecular weight is 758 g/mol. The molecular formula is C52H34F3N3. The second-order valence-corrected chi connectivity index (χ2v) is 14.9. The van der Waals surface area contributed by atoms with Crippen molar-refractivity contribution in [3.8, 4) is 50.8 Å². The van der Waals surface area contributed by atoms with Crippen molar-refractivity contribution < 1.29 is 13.2 Å². The number of alkyl halides is 3. The number of aromatic nitrogens is 2. The van der Waals surface area contributed by atoms with E-state index in [2.05, 4.69) is 114 Å². The molecule has 2 aromatic heterocycles. The maximum Gasteiger partial charge on any atom is 0.416 e. The van der Waals surface area contributed by atoms with Crippen LogP contribution in [0.15, 0.2) is 170 Å². The van der Waals surface area contributed by atoms with Crippen molar-refractivity contribution in [1.29, 1.82) is 5.26 Å². The predicted octanol–water partition coefficient (Wildman–Crippen LogP) is 14.4. The highest BCUT2D eigenvalue weighted by atomic mass is 19.4. The molecule has 0 aliphatic carbocycles. The monoisotopic (exact) mass is 757 g/mol. The van der Waals surface area contributed by atoms with Crippen LogP contribution in [0, 0.1) is 25.2 Å². The molecule has 0 fully saturated rings. The van der Waals surface area contributed by atoms with E-state index in [0.717, 1.165) is 89.4 Å². The van der Waals surface area contributed by atoms with Crippen molar-refractivity contribution in [3.05, 3.63) is 192 Å². The highest BCUT2D eigenvalue weighted by Gasteiger charge is 2.31. The Morgan fingerprint density at radius 3 is 1.41 bits per heavy atom. The molecule has 3 nitrogen and oxygen atoms in total. The molecule has 8 aromatic carbocycles. The Kier molecular flexibility index (Phi) is 8.10. The molecule has 0 N–H and O–H groups in total. The Morgan fingerprint density at radius 1 is 0.431 bits per heavy atom. The van der Waals surface area contributed by atoms with Gasteiger partial charge in [-0.3, -0.25) is 0 Å². The zero-order valence-corrected chi connectivity index (χ0v) is 31.6. The molecule has 0 atom stereocenters. The molecule has 10 aromatic rings. The fourth-order valence-electron chi connectivity index (χ4n) is 8.72. The van der Waals surface area contributed by atoms with Gasteiger partial charge in [-0.2, -0.15) is 18.4 Å². The molecule has 0 amide bonds. The minimum Gasteiger partial charge on any atom is -0.307 e. The number of nitrogens with zero attached hydrogens (tertiary/aromatic N) is 3. The number of hydrogen-bond donors (Lipinski definition) is 0. The second kappa shape index (κ2) is 13.4. The first-order valence-corrected chi connectivity index (χ1v) is 19.1. The van der Waals surface area contributed by atoms with Crippen LogP contribution in [-0.4, -0.2) is 9.13 Å². The number of benzene rings is 8. The first kappa shape index (κ1) is 35.1. The first-order chi connectivity index (χ1) is 28.2. The van der Waals surface area contributed by atoms with Gasteiger partial charge in [-0.15, -0.1) is 0 Å². The summed E-state index contributed by atoms with van der Waals surface area (Å²) in [6, 6.07) is 57.4. The van der Waals surface area contributed by atoms with Gasteiger partial charge >= 0.3 is 6.18 Å². The van der Waals surface area contributed by atoms with Crippen LogP contribution < -0.4 is 0 Å². The molecular weight excluding hydrogens is 724 g/mol. The maximum atomic E-state index is 14.1. The van der Waals surface area contributed by atoms with E-state index in [1.54, 1.807) is 6.07 Å². The lowest BCUT2D eigenvalue weighted by atomic mass is 9.96. The number of aryl methyl sites for hydroxylation is 2. The highest BCUT2D eigenvalue weighted by molar-refractivity contribution is 6.13. The summed E-state index contributed by atoms with van der Waals surface area (Å²) in [5.74, 6) is 0. The molecule has 0 saturated carbocycles. The molecule has 0 unspecified atom stereocenters. The number of para-hydroxylation sites is 2. The van der Waals surface area contributed by atoms with Gasteiger partial charge in [0.15, 0.2) is 0 Å². The molecule has 58 heavy (non-hydrogen) atoms. The summed E-state index contributed by atoms with van der Waals surface area (Å²) in [6.45, 7) is 4.22. The molecule has 278 valence electrons. The SMILES string of the molecule is Cc1ccccc1-c1ccc2c(c1)c1ccccc1n2-c1cc(C#N)c(-c2cccc(C(F)(F)F)c2)cc1-n1c2ccccc2c2cc(-c3ccccc3C)ccc21. The van der Waals surface area contributed by atoms with Crippen LogP contribution in [0.5, 0.6) is 0 Å². The first-order valence-electron chi connectivity index (χ1n) is 19.1. The van der Waals surface area contributed by atoms with Gasteiger partial charge in [0.2, 0.25) is 0 Å². The fourth-order valence-corrected chi connectivity index (χ4v) is 8.72. The van der Waals surface area contributed by atoms with Crippen molar-refractivity contribution in [2.24, 2.45) is 0 Å². The fraction of sp³-hybridized carbons (Fsp3) is 0.0577. The topological polar surface area (TPSA) is 33.6 Å². The third-order valence-corrected chi connectivity index (χ3v) is 11.5. The Bertz CT molecular complexity index is 3320. The molecule has 6 heteroatoms. The summed E-state index contributed by atoms with van der Waals surface area (Å²) in [5, 5.41) is 15.0. The van der Waals surface area contributed by atoms with Gasteiger partial charge in [0.05, 0.1) is 50.6 Å². The summed E-state index contributed by atoms with van der Waals surface area (Å²) in [7, 11) is 0. The van der Waals surface area contributed by atoms with Crippen molar-refractivity contribution in [2.45, 2.75) is 20.0 Å². The molecule has 0 bridgehead atoms. The van der Waals surface area contributed by atoms with E-state index in [0.29, 0.717) is 11.1 Å². The van der Waals surface area contributed by atoms with Gasteiger partial charge in [0.25, 0.3) is 0 Å². The number of rotatable bonds is 5.